The van der Waals surface area contributed by atoms with Crippen molar-refractivity contribution < 1.29 is 19.4 Å². The maximum absolute atomic E-state index is 12.8. The van der Waals surface area contributed by atoms with E-state index in [1.165, 1.54) is 16.7 Å². The van der Waals surface area contributed by atoms with E-state index < -0.39 is 17.2 Å². The zero-order valence-electron chi connectivity index (χ0n) is 15.9. The Hall–Kier alpha value is -4.01. The normalized spacial score (nSPS) is 19.1. The fraction of sp³-hybridized carbons (Fsp3) is 0.190. The van der Waals surface area contributed by atoms with Crippen LogP contribution in [0.4, 0.5) is 5.69 Å². The van der Waals surface area contributed by atoms with Crippen molar-refractivity contribution in [2.45, 2.75) is 18.5 Å². The number of para-hydroxylation sites is 1. The maximum atomic E-state index is 12.8. The summed E-state index contributed by atoms with van der Waals surface area (Å²) in [5.74, 6) is -0.820. The number of hydrogen-bond acceptors (Lipinski definition) is 6. The van der Waals surface area contributed by atoms with Crippen molar-refractivity contribution in [2.24, 2.45) is 0 Å². The third-order valence-corrected chi connectivity index (χ3v) is 5.56. The van der Waals surface area contributed by atoms with E-state index in [0.717, 1.165) is 0 Å². The molecule has 9 nitrogen and oxygen atoms in total. The van der Waals surface area contributed by atoms with Crippen molar-refractivity contribution in [1.29, 1.82) is 0 Å². The van der Waals surface area contributed by atoms with Gasteiger partial charge in [0.15, 0.2) is 11.5 Å². The molecule has 9 heteroatoms. The van der Waals surface area contributed by atoms with E-state index in [4.69, 9.17) is 4.74 Å². The van der Waals surface area contributed by atoms with Crippen LogP contribution in [0.15, 0.2) is 53.3 Å². The highest BCUT2D eigenvalue weighted by Gasteiger charge is 2.58. The van der Waals surface area contributed by atoms with E-state index >= 15 is 0 Å². The predicted molar refractivity (Wildman–Crippen MR) is 106 cm³/mol. The van der Waals surface area contributed by atoms with Crippen molar-refractivity contribution in [1.82, 2.24) is 14.8 Å². The number of fused-ring (bicyclic) bond motifs is 6. The summed E-state index contributed by atoms with van der Waals surface area (Å²) in [7, 11) is 1.53. The van der Waals surface area contributed by atoms with Gasteiger partial charge < -0.3 is 9.84 Å². The average molecular weight is 404 g/mol. The molecule has 1 saturated heterocycles. The van der Waals surface area contributed by atoms with Gasteiger partial charge in [0.1, 0.15) is 5.75 Å². The lowest BCUT2D eigenvalue weighted by atomic mass is 10.00. The number of carboxylic acid groups (broad SMARTS) is 1. The molecule has 0 spiro atoms. The average Bonchev–Trinajstić information content (AvgIpc) is 3.12. The zero-order chi connectivity index (χ0) is 21.0. The first-order valence-electron chi connectivity index (χ1n) is 9.29. The highest BCUT2D eigenvalue weighted by molar-refractivity contribution is 6.07. The fourth-order valence-electron chi connectivity index (χ4n) is 4.15. The molecular formula is C21H16N4O5. The molecule has 1 aromatic heterocycles. The first-order valence-corrected chi connectivity index (χ1v) is 9.29. The number of carbonyl (C=O) groups is 2. The van der Waals surface area contributed by atoms with Gasteiger partial charge in [-0.3, -0.25) is 14.5 Å². The van der Waals surface area contributed by atoms with Crippen LogP contribution < -0.4 is 15.2 Å². The van der Waals surface area contributed by atoms with Crippen LogP contribution in [0.2, 0.25) is 0 Å². The summed E-state index contributed by atoms with van der Waals surface area (Å²) in [6, 6.07) is 13.5. The molecule has 3 heterocycles. The van der Waals surface area contributed by atoms with E-state index in [-0.39, 0.29) is 30.3 Å². The zero-order valence-corrected chi connectivity index (χ0v) is 15.9. The molecule has 1 atom stereocenters. The van der Waals surface area contributed by atoms with Gasteiger partial charge in [-0.05, 0) is 36.4 Å². The Morgan fingerprint density at radius 1 is 1.13 bits per heavy atom. The van der Waals surface area contributed by atoms with E-state index in [0.29, 0.717) is 22.6 Å². The molecule has 0 bridgehead atoms. The number of carbonyl (C=O) groups excluding carboxylic acids is 1. The van der Waals surface area contributed by atoms with Gasteiger partial charge in [-0.1, -0.05) is 12.1 Å². The Balaban J connectivity index is 1.83. The van der Waals surface area contributed by atoms with Crippen molar-refractivity contribution in [3.05, 3.63) is 58.9 Å². The lowest BCUT2D eigenvalue weighted by Crippen LogP contribution is -2.58. The number of rotatable bonds is 3. The van der Waals surface area contributed by atoms with Gasteiger partial charge in [0.25, 0.3) is 5.56 Å². The number of carboxylic acids is 1. The summed E-state index contributed by atoms with van der Waals surface area (Å²) in [4.78, 5) is 43.5. The maximum Gasteiger partial charge on any atom is 0.353 e. The van der Waals surface area contributed by atoms with Crippen LogP contribution in [0.3, 0.4) is 0 Å². The van der Waals surface area contributed by atoms with Gasteiger partial charge in [0, 0.05) is 24.0 Å². The monoisotopic (exact) mass is 404 g/mol. The second kappa shape index (κ2) is 6.24. The molecule has 150 valence electrons. The number of methoxy groups -OCH3 is 1. The minimum atomic E-state index is -1.78. The molecule has 0 aliphatic carbocycles. The minimum absolute atomic E-state index is 0.000656. The quantitative estimate of drug-likeness (QED) is 0.708. The number of aliphatic carboxylic acids is 1. The second-order valence-corrected chi connectivity index (χ2v) is 7.10. The summed E-state index contributed by atoms with van der Waals surface area (Å²) in [6.07, 6.45) is 0.0633. The smallest absolute Gasteiger partial charge is 0.353 e. The lowest BCUT2D eigenvalue weighted by molar-refractivity contribution is -0.148. The Morgan fingerprint density at radius 3 is 2.57 bits per heavy atom. The molecule has 1 unspecified atom stereocenters. The van der Waals surface area contributed by atoms with Gasteiger partial charge in [-0.15, -0.1) is 0 Å². The molecule has 1 amide bonds. The molecule has 5 rings (SSSR count). The van der Waals surface area contributed by atoms with Crippen LogP contribution in [0, 0.1) is 0 Å². The van der Waals surface area contributed by atoms with Crippen molar-refractivity contribution in [2.75, 3.05) is 12.0 Å². The van der Waals surface area contributed by atoms with Crippen LogP contribution in [0.5, 0.6) is 5.75 Å². The Bertz CT molecular complexity index is 1270. The molecule has 1 fully saturated rings. The third kappa shape index (κ3) is 2.25. The Morgan fingerprint density at radius 2 is 1.87 bits per heavy atom. The Labute approximate surface area is 170 Å². The summed E-state index contributed by atoms with van der Waals surface area (Å²) in [6.45, 7) is 0. The Kier molecular flexibility index (Phi) is 3.76. The van der Waals surface area contributed by atoms with Gasteiger partial charge in [-0.25, -0.2) is 9.48 Å². The SMILES string of the molecule is COc1ccc(-c2nn3c(nc2=O)-c2ccccc2N2C(=O)CCC23C(=O)O)cc1. The number of amides is 1. The first kappa shape index (κ1) is 18.0. The topological polar surface area (TPSA) is 115 Å². The van der Waals surface area contributed by atoms with Gasteiger partial charge in [-0.2, -0.15) is 10.1 Å². The van der Waals surface area contributed by atoms with Gasteiger partial charge in [0.05, 0.1) is 12.8 Å². The molecule has 2 aliphatic heterocycles. The standard InChI is InChI=1S/C21H16N4O5/c1-30-13-8-6-12(7-9-13)17-19(27)22-18-14-4-2-3-5-15(14)24-16(26)10-11-21(24,20(28)29)25(18)23-17/h2-9H,10-11H2,1H3,(H,28,29). The molecule has 3 aromatic rings. The largest absolute Gasteiger partial charge is 0.497 e. The van der Waals surface area contributed by atoms with Crippen molar-refractivity contribution >= 4 is 17.6 Å². The van der Waals surface area contributed by atoms with Crippen molar-refractivity contribution in [3.8, 4) is 28.4 Å². The first-order chi connectivity index (χ1) is 14.5. The number of benzene rings is 2. The van der Waals surface area contributed by atoms with Crippen LogP contribution in [0.25, 0.3) is 22.6 Å². The third-order valence-electron chi connectivity index (χ3n) is 5.56. The molecule has 0 radical (unpaired) electrons. The summed E-state index contributed by atoms with van der Waals surface area (Å²) in [5.41, 5.74) is -0.995. The number of anilines is 1. The van der Waals surface area contributed by atoms with Crippen LogP contribution >= 0.6 is 0 Å². The summed E-state index contributed by atoms with van der Waals surface area (Å²) >= 11 is 0. The van der Waals surface area contributed by atoms with Crippen LogP contribution in [0.1, 0.15) is 12.8 Å². The van der Waals surface area contributed by atoms with Crippen LogP contribution in [-0.2, 0) is 15.3 Å². The van der Waals surface area contributed by atoms with E-state index in [1.54, 1.807) is 48.5 Å². The minimum Gasteiger partial charge on any atom is -0.497 e. The van der Waals surface area contributed by atoms with E-state index in [9.17, 15) is 19.5 Å². The lowest BCUT2D eigenvalue weighted by Gasteiger charge is -2.41. The van der Waals surface area contributed by atoms with E-state index in [1.807, 2.05) is 0 Å². The number of nitrogens with zero attached hydrogens (tertiary/aromatic N) is 4. The number of ether oxygens (including phenoxy) is 1. The van der Waals surface area contributed by atoms with E-state index in [2.05, 4.69) is 10.1 Å². The highest BCUT2D eigenvalue weighted by Crippen LogP contribution is 2.47. The van der Waals surface area contributed by atoms with Gasteiger partial charge in [0.2, 0.25) is 11.6 Å². The molecular weight excluding hydrogens is 388 g/mol. The van der Waals surface area contributed by atoms with Gasteiger partial charge >= 0.3 is 5.97 Å². The molecule has 2 aliphatic rings. The molecule has 1 N–H and O–H groups in total. The van der Waals surface area contributed by atoms with Crippen molar-refractivity contribution in [3.63, 3.8) is 0 Å². The summed E-state index contributed by atoms with van der Waals surface area (Å²) < 4.78 is 6.35. The summed E-state index contributed by atoms with van der Waals surface area (Å²) in [5, 5.41) is 14.6. The molecule has 30 heavy (non-hydrogen) atoms. The molecule has 0 saturated carbocycles. The number of aromatic nitrogens is 3. The molecule has 2 aromatic carbocycles. The fourth-order valence-corrected chi connectivity index (χ4v) is 4.15. The second-order valence-electron chi connectivity index (χ2n) is 7.10. The highest BCUT2D eigenvalue weighted by atomic mass is 16.5. The number of hydrogen-bond donors (Lipinski definition) is 1. The predicted octanol–water partition coefficient (Wildman–Crippen LogP) is 1.86. The van der Waals surface area contributed by atoms with Crippen LogP contribution in [-0.4, -0.2) is 38.9 Å².